The SMILES string of the molecule is Cc1ccc(NC(=O)c2cncc(NC3CC3)c2)cc1. The molecule has 0 aliphatic heterocycles. The third-order valence-corrected chi connectivity index (χ3v) is 3.26. The summed E-state index contributed by atoms with van der Waals surface area (Å²) in [6.45, 7) is 2.02. The summed E-state index contributed by atoms with van der Waals surface area (Å²) in [4.78, 5) is 16.3. The molecule has 4 heteroatoms. The van der Waals surface area contributed by atoms with Gasteiger partial charge < -0.3 is 10.6 Å². The van der Waals surface area contributed by atoms with Crippen LogP contribution in [0.15, 0.2) is 42.7 Å². The van der Waals surface area contributed by atoms with Gasteiger partial charge in [-0.25, -0.2) is 0 Å². The first-order valence-electron chi connectivity index (χ1n) is 6.80. The third-order valence-electron chi connectivity index (χ3n) is 3.26. The molecule has 1 amide bonds. The molecular weight excluding hydrogens is 250 g/mol. The summed E-state index contributed by atoms with van der Waals surface area (Å²) in [7, 11) is 0. The average Bonchev–Trinajstić information content (AvgIpc) is 3.25. The van der Waals surface area contributed by atoms with Crippen LogP contribution in [0.4, 0.5) is 11.4 Å². The van der Waals surface area contributed by atoms with Crippen molar-refractivity contribution in [2.24, 2.45) is 0 Å². The van der Waals surface area contributed by atoms with Gasteiger partial charge in [-0.2, -0.15) is 0 Å². The normalized spacial score (nSPS) is 13.8. The zero-order valence-electron chi connectivity index (χ0n) is 11.4. The van der Waals surface area contributed by atoms with Gasteiger partial charge >= 0.3 is 0 Å². The number of aromatic nitrogens is 1. The quantitative estimate of drug-likeness (QED) is 0.894. The predicted molar refractivity (Wildman–Crippen MR) is 80.0 cm³/mol. The zero-order chi connectivity index (χ0) is 13.9. The number of rotatable bonds is 4. The Morgan fingerprint density at radius 1 is 1.15 bits per heavy atom. The largest absolute Gasteiger partial charge is 0.381 e. The molecular formula is C16H17N3O. The highest BCUT2D eigenvalue weighted by molar-refractivity contribution is 6.04. The Labute approximate surface area is 118 Å². The molecule has 2 N–H and O–H groups in total. The van der Waals surface area contributed by atoms with Crippen molar-refractivity contribution in [3.8, 4) is 0 Å². The summed E-state index contributed by atoms with van der Waals surface area (Å²) >= 11 is 0. The van der Waals surface area contributed by atoms with Crippen molar-refractivity contribution in [1.82, 2.24) is 4.98 Å². The lowest BCUT2D eigenvalue weighted by atomic mass is 10.2. The Kier molecular flexibility index (Phi) is 3.37. The van der Waals surface area contributed by atoms with E-state index in [2.05, 4.69) is 15.6 Å². The minimum Gasteiger partial charge on any atom is -0.381 e. The fraction of sp³-hybridized carbons (Fsp3) is 0.250. The molecule has 1 heterocycles. The predicted octanol–water partition coefficient (Wildman–Crippen LogP) is 3.22. The van der Waals surface area contributed by atoms with Crippen LogP contribution < -0.4 is 10.6 Å². The van der Waals surface area contributed by atoms with Crippen LogP contribution in [0.2, 0.25) is 0 Å². The number of carbonyl (C=O) groups excluding carboxylic acids is 1. The monoisotopic (exact) mass is 267 g/mol. The zero-order valence-corrected chi connectivity index (χ0v) is 11.4. The van der Waals surface area contributed by atoms with E-state index in [1.54, 1.807) is 12.4 Å². The van der Waals surface area contributed by atoms with E-state index >= 15 is 0 Å². The van der Waals surface area contributed by atoms with Crippen molar-refractivity contribution in [3.63, 3.8) is 0 Å². The number of amides is 1. The Balaban J connectivity index is 1.71. The Bertz CT molecular complexity index is 618. The summed E-state index contributed by atoms with van der Waals surface area (Å²) in [5.41, 5.74) is 3.43. The summed E-state index contributed by atoms with van der Waals surface area (Å²) in [5, 5.41) is 6.21. The number of pyridine rings is 1. The van der Waals surface area contributed by atoms with Gasteiger partial charge in [-0.15, -0.1) is 0 Å². The lowest BCUT2D eigenvalue weighted by Crippen LogP contribution is -2.13. The van der Waals surface area contributed by atoms with E-state index in [-0.39, 0.29) is 5.91 Å². The molecule has 4 nitrogen and oxygen atoms in total. The molecule has 0 saturated heterocycles. The second kappa shape index (κ2) is 5.33. The number of hydrogen-bond acceptors (Lipinski definition) is 3. The maximum Gasteiger partial charge on any atom is 0.257 e. The molecule has 0 spiro atoms. The molecule has 3 rings (SSSR count). The number of nitrogens with one attached hydrogen (secondary N) is 2. The molecule has 1 saturated carbocycles. The molecule has 2 aromatic rings. The van der Waals surface area contributed by atoms with Crippen LogP contribution in [0.5, 0.6) is 0 Å². The van der Waals surface area contributed by atoms with Gasteiger partial charge in [-0.1, -0.05) is 17.7 Å². The molecule has 1 aliphatic rings. The van der Waals surface area contributed by atoms with Crippen LogP contribution >= 0.6 is 0 Å². The Morgan fingerprint density at radius 3 is 2.60 bits per heavy atom. The topological polar surface area (TPSA) is 54.0 Å². The number of nitrogens with zero attached hydrogens (tertiary/aromatic N) is 1. The summed E-state index contributed by atoms with van der Waals surface area (Å²) in [6, 6.07) is 10.1. The van der Waals surface area contributed by atoms with Gasteiger partial charge in [-0.05, 0) is 38.0 Å². The highest BCUT2D eigenvalue weighted by atomic mass is 16.1. The fourth-order valence-corrected chi connectivity index (χ4v) is 1.95. The van der Waals surface area contributed by atoms with Crippen LogP contribution in [0.3, 0.4) is 0 Å². The highest BCUT2D eigenvalue weighted by Crippen LogP contribution is 2.24. The minimum atomic E-state index is -0.138. The van der Waals surface area contributed by atoms with Gasteiger partial charge in [0.1, 0.15) is 0 Å². The van der Waals surface area contributed by atoms with E-state index in [0.717, 1.165) is 11.4 Å². The van der Waals surface area contributed by atoms with Crippen LogP contribution in [0.25, 0.3) is 0 Å². The highest BCUT2D eigenvalue weighted by Gasteiger charge is 2.21. The smallest absolute Gasteiger partial charge is 0.257 e. The van der Waals surface area contributed by atoms with E-state index in [1.165, 1.54) is 18.4 Å². The molecule has 1 fully saturated rings. The van der Waals surface area contributed by atoms with Gasteiger partial charge in [0.25, 0.3) is 5.91 Å². The second-order valence-corrected chi connectivity index (χ2v) is 5.20. The molecule has 102 valence electrons. The van der Waals surface area contributed by atoms with Crippen molar-refractivity contribution in [3.05, 3.63) is 53.9 Å². The van der Waals surface area contributed by atoms with Crippen LogP contribution in [0.1, 0.15) is 28.8 Å². The number of aryl methyl sites for hydroxylation is 1. The standard InChI is InChI=1S/C16H17N3O/c1-11-2-4-14(5-3-11)19-16(20)12-8-15(10-17-9-12)18-13-6-7-13/h2-5,8-10,13,18H,6-7H2,1H3,(H,19,20). The number of carbonyl (C=O) groups is 1. The number of anilines is 2. The van der Waals surface area contributed by atoms with Crippen LogP contribution in [0, 0.1) is 6.92 Å². The summed E-state index contributed by atoms with van der Waals surface area (Å²) in [5.74, 6) is -0.138. The maximum absolute atomic E-state index is 12.2. The summed E-state index contributed by atoms with van der Waals surface area (Å²) < 4.78 is 0. The Morgan fingerprint density at radius 2 is 1.90 bits per heavy atom. The van der Waals surface area contributed by atoms with Crippen molar-refractivity contribution in [1.29, 1.82) is 0 Å². The number of benzene rings is 1. The van der Waals surface area contributed by atoms with Crippen molar-refractivity contribution in [2.45, 2.75) is 25.8 Å². The van der Waals surface area contributed by atoms with E-state index in [0.29, 0.717) is 11.6 Å². The van der Waals surface area contributed by atoms with Crippen LogP contribution in [-0.4, -0.2) is 16.9 Å². The first-order chi connectivity index (χ1) is 9.70. The van der Waals surface area contributed by atoms with Crippen molar-refractivity contribution >= 4 is 17.3 Å². The average molecular weight is 267 g/mol. The molecule has 1 aromatic heterocycles. The lowest BCUT2D eigenvalue weighted by Gasteiger charge is -2.08. The minimum absolute atomic E-state index is 0.138. The molecule has 0 unspecified atom stereocenters. The van der Waals surface area contributed by atoms with Gasteiger partial charge in [0.15, 0.2) is 0 Å². The first kappa shape index (κ1) is 12.7. The van der Waals surface area contributed by atoms with Gasteiger partial charge in [0, 0.05) is 24.1 Å². The summed E-state index contributed by atoms with van der Waals surface area (Å²) in [6.07, 6.45) is 5.72. The maximum atomic E-state index is 12.2. The third kappa shape index (κ3) is 3.15. The lowest BCUT2D eigenvalue weighted by molar-refractivity contribution is 0.102. The molecule has 1 aromatic carbocycles. The van der Waals surface area contributed by atoms with Crippen molar-refractivity contribution < 1.29 is 4.79 Å². The van der Waals surface area contributed by atoms with Gasteiger partial charge in [0.2, 0.25) is 0 Å². The van der Waals surface area contributed by atoms with E-state index in [9.17, 15) is 4.79 Å². The van der Waals surface area contributed by atoms with Crippen LogP contribution in [-0.2, 0) is 0 Å². The molecule has 20 heavy (non-hydrogen) atoms. The first-order valence-corrected chi connectivity index (χ1v) is 6.80. The number of hydrogen-bond donors (Lipinski definition) is 2. The van der Waals surface area contributed by atoms with E-state index in [1.807, 2.05) is 37.3 Å². The molecule has 1 aliphatic carbocycles. The fourth-order valence-electron chi connectivity index (χ4n) is 1.95. The van der Waals surface area contributed by atoms with E-state index < -0.39 is 0 Å². The van der Waals surface area contributed by atoms with Gasteiger partial charge in [-0.3, -0.25) is 9.78 Å². The Hall–Kier alpha value is -2.36. The van der Waals surface area contributed by atoms with E-state index in [4.69, 9.17) is 0 Å². The van der Waals surface area contributed by atoms with Gasteiger partial charge in [0.05, 0.1) is 11.3 Å². The van der Waals surface area contributed by atoms with Crippen molar-refractivity contribution in [2.75, 3.05) is 10.6 Å². The second-order valence-electron chi connectivity index (χ2n) is 5.20. The molecule has 0 radical (unpaired) electrons. The molecule has 0 bridgehead atoms. The molecule has 0 atom stereocenters.